The van der Waals surface area contributed by atoms with Crippen LogP contribution in [-0.2, 0) is 17.8 Å². The molecule has 3 heterocycles. The van der Waals surface area contributed by atoms with E-state index in [1.807, 2.05) is 6.07 Å². The number of nitrogens with zero attached hydrogens (tertiary/aromatic N) is 6. The summed E-state index contributed by atoms with van der Waals surface area (Å²) in [5, 5.41) is 12.8. The molecule has 1 fully saturated rings. The van der Waals surface area contributed by atoms with Crippen LogP contribution in [0, 0.1) is 5.82 Å². The number of rotatable bonds is 5. The second-order valence-electron chi connectivity index (χ2n) is 6.67. The highest BCUT2D eigenvalue weighted by molar-refractivity contribution is 6.31. The Balaban J connectivity index is 1.45. The minimum atomic E-state index is -0.462. The van der Waals surface area contributed by atoms with Gasteiger partial charge in [-0.1, -0.05) is 17.7 Å². The van der Waals surface area contributed by atoms with Crippen LogP contribution in [0.4, 0.5) is 4.39 Å². The van der Waals surface area contributed by atoms with Crippen LogP contribution in [0.1, 0.15) is 18.4 Å². The number of hydrogen-bond acceptors (Lipinski definition) is 5. The summed E-state index contributed by atoms with van der Waals surface area (Å²) in [5.41, 5.74) is 1.01. The van der Waals surface area contributed by atoms with Gasteiger partial charge in [-0.25, -0.2) is 4.39 Å². The van der Waals surface area contributed by atoms with Crippen molar-refractivity contribution >= 4 is 17.5 Å². The Hall–Kier alpha value is -2.87. The van der Waals surface area contributed by atoms with Crippen molar-refractivity contribution in [1.82, 2.24) is 30.1 Å². The van der Waals surface area contributed by atoms with Gasteiger partial charge in [-0.15, -0.1) is 10.2 Å². The van der Waals surface area contributed by atoms with E-state index in [0.29, 0.717) is 18.9 Å². The van der Waals surface area contributed by atoms with Gasteiger partial charge in [0.15, 0.2) is 0 Å². The molecule has 0 aliphatic carbocycles. The number of carbonyl (C=O) groups excluding carboxylic acids is 1. The Morgan fingerprint density at radius 1 is 1.29 bits per heavy atom. The Morgan fingerprint density at radius 2 is 2.18 bits per heavy atom. The molecule has 9 heteroatoms. The Labute approximate surface area is 166 Å². The molecule has 0 bridgehead atoms. The minimum Gasteiger partial charge on any atom is -0.337 e. The summed E-state index contributed by atoms with van der Waals surface area (Å²) in [6.45, 7) is 1.06. The van der Waals surface area contributed by atoms with Gasteiger partial charge < -0.3 is 4.90 Å². The molecule has 3 aromatic rings. The van der Waals surface area contributed by atoms with Gasteiger partial charge >= 0.3 is 0 Å². The second kappa shape index (κ2) is 8.02. The van der Waals surface area contributed by atoms with Crippen molar-refractivity contribution in [3.8, 4) is 11.4 Å². The van der Waals surface area contributed by atoms with E-state index in [1.165, 1.54) is 16.9 Å². The van der Waals surface area contributed by atoms with Crippen molar-refractivity contribution in [2.24, 2.45) is 0 Å². The first kappa shape index (κ1) is 18.5. The maximum atomic E-state index is 14.0. The number of hydrogen-bond donors (Lipinski definition) is 0. The van der Waals surface area contributed by atoms with Crippen LogP contribution < -0.4 is 0 Å². The maximum Gasteiger partial charge on any atom is 0.227 e. The first-order chi connectivity index (χ1) is 13.6. The molecule has 4 rings (SSSR count). The fourth-order valence-corrected chi connectivity index (χ4v) is 3.66. The molecule has 1 aliphatic rings. The van der Waals surface area contributed by atoms with Crippen molar-refractivity contribution in [3.63, 3.8) is 0 Å². The second-order valence-corrected chi connectivity index (χ2v) is 7.08. The van der Waals surface area contributed by atoms with E-state index in [4.69, 9.17) is 11.6 Å². The summed E-state index contributed by atoms with van der Waals surface area (Å²) in [5.74, 6) is -0.125. The van der Waals surface area contributed by atoms with E-state index < -0.39 is 5.82 Å². The van der Waals surface area contributed by atoms with Crippen molar-refractivity contribution < 1.29 is 9.18 Å². The predicted molar refractivity (Wildman–Crippen MR) is 101 cm³/mol. The van der Waals surface area contributed by atoms with E-state index in [1.54, 1.807) is 29.4 Å². The minimum absolute atomic E-state index is 0.0611. The molecule has 0 radical (unpaired) electrons. The highest BCUT2D eigenvalue weighted by Gasteiger charge is 2.30. The van der Waals surface area contributed by atoms with Crippen LogP contribution in [0.15, 0.2) is 42.7 Å². The molecule has 1 aliphatic heterocycles. The average Bonchev–Trinajstić information content (AvgIpc) is 3.35. The highest BCUT2D eigenvalue weighted by atomic mass is 35.5. The third-order valence-corrected chi connectivity index (χ3v) is 5.19. The number of amides is 1. The molecule has 0 spiro atoms. The molecule has 28 heavy (non-hydrogen) atoms. The summed E-state index contributed by atoms with van der Waals surface area (Å²) in [4.78, 5) is 20.1. The Kier molecular flexibility index (Phi) is 5.29. The summed E-state index contributed by atoms with van der Waals surface area (Å²) < 4.78 is 14.0. The van der Waals surface area contributed by atoms with Gasteiger partial charge in [0.1, 0.15) is 5.82 Å². The lowest BCUT2D eigenvalue weighted by Crippen LogP contribution is -2.39. The molecule has 0 N–H and O–H groups in total. The molecule has 1 aromatic carbocycles. The maximum absolute atomic E-state index is 14.0. The highest BCUT2D eigenvalue weighted by Crippen LogP contribution is 2.24. The first-order valence-electron chi connectivity index (χ1n) is 9.02. The first-order valence-corrected chi connectivity index (χ1v) is 9.40. The van der Waals surface area contributed by atoms with Crippen LogP contribution in [0.25, 0.3) is 11.4 Å². The molecule has 2 aromatic heterocycles. The van der Waals surface area contributed by atoms with Crippen molar-refractivity contribution in [2.45, 2.75) is 31.8 Å². The molecule has 144 valence electrons. The van der Waals surface area contributed by atoms with E-state index in [2.05, 4.69) is 20.4 Å². The van der Waals surface area contributed by atoms with Crippen molar-refractivity contribution in [1.29, 1.82) is 0 Å². The van der Waals surface area contributed by atoms with E-state index in [9.17, 15) is 9.18 Å². The zero-order valence-corrected chi connectivity index (χ0v) is 15.8. The van der Waals surface area contributed by atoms with Gasteiger partial charge in [-0.3, -0.25) is 9.78 Å². The number of halogens is 2. The van der Waals surface area contributed by atoms with E-state index in [0.717, 1.165) is 18.4 Å². The van der Waals surface area contributed by atoms with Gasteiger partial charge in [-0.2, -0.15) is 4.80 Å². The van der Waals surface area contributed by atoms with Gasteiger partial charge in [0.25, 0.3) is 0 Å². The molecular weight excluding hydrogens is 383 g/mol. The molecule has 1 amide bonds. The van der Waals surface area contributed by atoms with E-state index in [-0.39, 0.29) is 29.0 Å². The molecule has 0 unspecified atom stereocenters. The number of likely N-dealkylation sites (tertiary alicyclic amines) is 1. The lowest BCUT2D eigenvalue weighted by Gasteiger charge is -2.24. The third kappa shape index (κ3) is 3.87. The lowest BCUT2D eigenvalue weighted by atomic mass is 10.1. The SMILES string of the molecule is O=C(Cc1c(F)cccc1Cl)N1CCC[C@H]1Cn1nnc(-c2cccnc2)n1. The summed E-state index contributed by atoms with van der Waals surface area (Å²) in [6, 6.07) is 8.04. The molecular formula is C19H18ClFN6O. The third-order valence-electron chi connectivity index (χ3n) is 4.83. The zero-order chi connectivity index (χ0) is 19.5. The van der Waals surface area contributed by atoms with Crippen LogP contribution >= 0.6 is 11.6 Å². The van der Waals surface area contributed by atoms with Gasteiger partial charge in [-0.05, 0) is 42.3 Å². The fourth-order valence-electron chi connectivity index (χ4n) is 3.43. The quantitative estimate of drug-likeness (QED) is 0.658. The van der Waals surface area contributed by atoms with Crippen LogP contribution in [-0.4, -0.2) is 48.6 Å². The number of carbonyl (C=O) groups is 1. The largest absolute Gasteiger partial charge is 0.337 e. The van der Waals surface area contributed by atoms with Gasteiger partial charge in [0.2, 0.25) is 11.7 Å². The molecule has 1 saturated heterocycles. The Morgan fingerprint density at radius 3 is 2.96 bits per heavy atom. The number of aromatic nitrogens is 5. The zero-order valence-electron chi connectivity index (χ0n) is 15.0. The molecule has 0 saturated carbocycles. The van der Waals surface area contributed by atoms with Crippen LogP contribution in [0.3, 0.4) is 0 Å². The van der Waals surface area contributed by atoms with Crippen molar-refractivity contribution in [3.05, 3.63) is 59.1 Å². The standard InChI is InChI=1S/C19H18ClFN6O/c20-16-6-1-7-17(21)15(16)10-18(28)26-9-3-5-14(26)12-27-24-19(23-25-27)13-4-2-8-22-11-13/h1-2,4,6-8,11,14H,3,5,9-10,12H2/t14-/m0/s1. The van der Waals surface area contributed by atoms with Crippen LogP contribution in [0.5, 0.6) is 0 Å². The topological polar surface area (TPSA) is 76.8 Å². The predicted octanol–water partition coefficient (Wildman–Crippen LogP) is 2.76. The van der Waals surface area contributed by atoms with Gasteiger partial charge in [0.05, 0.1) is 19.0 Å². The molecule has 1 atom stereocenters. The lowest BCUT2D eigenvalue weighted by molar-refractivity contribution is -0.131. The number of tetrazole rings is 1. The summed E-state index contributed by atoms with van der Waals surface area (Å²) >= 11 is 6.06. The van der Waals surface area contributed by atoms with Crippen molar-refractivity contribution in [2.75, 3.05) is 6.54 Å². The van der Waals surface area contributed by atoms with E-state index >= 15 is 0 Å². The normalized spacial score (nSPS) is 16.5. The Bertz CT molecular complexity index is 959. The number of pyridine rings is 1. The smallest absolute Gasteiger partial charge is 0.227 e. The molecule has 7 nitrogen and oxygen atoms in total. The summed E-state index contributed by atoms with van der Waals surface area (Å²) in [6.07, 6.45) is 5.00. The summed E-state index contributed by atoms with van der Waals surface area (Å²) in [7, 11) is 0. The monoisotopic (exact) mass is 400 g/mol. The number of benzene rings is 1. The van der Waals surface area contributed by atoms with Crippen LogP contribution in [0.2, 0.25) is 5.02 Å². The fraction of sp³-hybridized carbons (Fsp3) is 0.316. The van der Waals surface area contributed by atoms with Gasteiger partial charge in [0, 0.05) is 35.1 Å². The average molecular weight is 401 g/mol.